The van der Waals surface area contributed by atoms with E-state index in [0.717, 1.165) is 18.8 Å². The molecule has 1 fully saturated rings. The van der Waals surface area contributed by atoms with Gasteiger partial charge in [0.05, 0.1) is 18.6 Å². The molecular formula is C17H23N5O3. The summed E-state index contributed by atoms with van der Waals surface area (Å²) in [6, 6.07) is 5.73. The van der Waals surface area contributed by atoms with Gasteiger partial charge in [-0.2, -0.15) is 0 Å². The van der Waals surface area contributed by atoms with E-state index in [1.165, 1.54) is 0 Å². The summed E-state index contributed by atoms with van der Waals surface area (Å²) in [5, 5.41) is 18.4. The van der Waals surface area contributed by atoms with Crippen molar-refractivity contribution < 1.29 is 14.5 Å². The van der Waals surface area contributed by atoms with Gasteiger partial charge in [0.25, 0.3) is 0 Å². The van der Waals surface area contributed by atoms with E-state index in [4.69, 9.17) is 0 Å². The molecule has 1 atom stereocenters. The zero-order valence-electron chi connectivity index (χ0n) is 14.6. The number of anilines is 1. The number of carbonyl (C=O) groups excluding carboxylic acids is 1. The zero-order chi connectivity index (χ0) is 17.9. The van der Waals surface area contributed by atoms with Crippen molar-refractivity contribution in [1.29, 1.82) is 0 Å². The second-order valence-corrected chi connectivity index (χ2v) is 6.66. The molecule has 2 aromatic rings. The summed E-state index contributed by atoms with van der Waals surface area (Å²) in [5.41, 5.74) is 0.180. The van der Waals surface area contributed by atoms with E-state index in [-0.39, 0.29) is 18.9 Å². The van der Waals surface area contributed by atoms with Crippen LogP contribution in [0.3, 0.4) is 0 Å². The third kappa shape index (κ3) is 4.14. The van der Waals surface area contributed by atoms with Gasteiger partial charge in [-0.25, -0.2) is 9.61 Å². The Bertz CT molecular complexity index is 720. The maximum absolute atomic E-state index is 12.4. The van der Waals surface area contributed by atoms with Crippen molar-refractivity contribution in [1.82, 2.24) is 20.2 Å². The Morgan fingerprint density at radius 3 is 2.96 bits per heavy atom. The van der Waals surface area contributed by atoms with E-state index >= 15 is 0 Å². The number of hydrogen-bond donors (Lipinski definition) is 1. The molecule has 0 bridgehead atoms. The van der Waals surface area contributed by atoms with Crippen LogP contribution >= 0.6 is 0 Å². The molecule has 1 amide bonds. The van der Waals surface area contributed by atoms with Gasteiger partial charge in [-0.05, 0) is 31.9 Å². The number of rotatable bonds is 5. The molecule has 1 N–H and O–H groups in total. The van der Waals surface area contributed by atoms with Crippen molar-refractivity contribution in [3.8, 4) is 0 Å². The van der Waals surface area contributed by atoms with Crippen molar-refractivity contribution in [2.45, 2.75) is 31.8 Å². The highest BCUT2D eigenvalue weighted by Gasteiger charge is 2.36. The van der Waals surface area contributed by atoms with Crippen LogP contribution in [0.15, 0.2) is 29.0 Å². The van der Waals surface area contributed by atoms with Crippen LogP contribution in [0.1, 0.15) is 24.2 Å². The Morgan fingerprint density at radius 2 is 2.28 bits per heavy atom. The van der Waals surface area contributed by atoms with E-state index in [0.29, 0.717) is 24.4 Å². The van der Waals surface area contributed by atoms with E-state index < -0.39 is 5.60 Å². The van der Waals surface area contributed by atoms with Gasteiger partial charge in [0.15, 0.2) is 0 Å². The van der Waals surface area contributed by atoms with Gasteiger partial charge in [-0.1, -0.05) is 16.4 Å². The quantitative estimate of drug-likeness (QED) is 0.856. The summed E-state index contributed by atoms with van der Waals surface area (Å²) in [5.74, 6) is 0.723. The lowest BCUT2D eigenvalue weighted by molar-refractivity contribution is -0.132. The predicted molar refractivity (Wildman–Crippen MR) is 91.0 cm³/mol. The number of aliphatic hydroxyl groups is 1. The molecule has 2 aromatic heterocycles. The maximum Gasteiger partial charge on any atom is 0.228 e. The number of carbonyl (C=O) groups is 1. The fourth-order valence-electron chi connectivity index (χ4n) is 3.20. The Balaban J connectivity index is 1.62. The molecule has 0 spiro atoms. The number of β-amino-alcohol motifs (C(OH)–C–C–N with tert-alkyl or cyclic N) is 1. The molecule has 0 aromatic carbocycles. The SMILES string of the molecule is Cc1nonc1CC(=O)N(C)CC1(O)CCCN(c2ccccn2)C1. The Kier molecular flexibility index (Phi) is 4.98. The first-order valence-electron chi connectivity index (χ1n) is 8.37. The van der Waals surface area contributed by atoms with Crippen LogP contribution in [0.5, 0.6) is 0 Å². The largest absolute Gasteiger partial charge is 0.386 e. The van der Waals surface area contributed by atoms with Gasteiger partial charge < -0.3 is 14.9 Å². The van der Waals surface area contributed by atoms with Crippen molar-refractivity contribution in [2.75, 3.05) is 31.6 Å². The molecular weight excluding hydrogens is 322 g/mol. The van der Waals surface area contributed by atoms with Crippen molar-refractivity contribution >= 4 is 11.7 Å². The van der Waals surface area contributed by atoms with Crippen molar-refractivity contribution in [3.05, 3.63) is 35.8 Å². The minimum Gasteiger partial charge on any atom is -0.386 e. The number of pyridine rings is 1. The molecule has 0 radical (unpaired) electrons. The lowest BCUT2D eigenvalue weighted by Crippen LogP contribution is -2.55. The smallest absolute Gasteiger partial charge is 0.228 e. The van der Waals surface area contributed by atoms with Gasteiger partial charge >= 0.3 is 0 Å². The van der Waals surface area contributed by atoms with E-state index in [1.807, 2.05) is 18.2 Å². The van der Waals surface area contributed by atoms with Gasteiger partial charge in [0, 0.05) is 26.3 Å². The fourth-order valence-corrected chi connectivity index (χ4v) is 3.20. The second kappa shape index (κ2) is 7.18. The lowest BCUT2D eigenvalue weighted by Gasteiger charge is -2.41. The monoisotopic (exact) mass is 345 g/mol. The lowest BCUT2D eigenvalue weighted by atomic mass is 9.92. The first-order chi connectivity index (χ1) is 12.0. The summed E-state index contributed by atoms with van der Waals surface area (Å²) < 4.78 is 4.63. The Hall–Kier alpha value is -2.48. The van der Waals surface area contributed by atoms with Crippen LogP contribution in [0, 0.1) is 6.92 Å². The van der Waals surface area contributed by atoms with Gasteiger partial charge in [-0.15, -0.1) is 0 Å². The summed E-state index contributed by atoms with van der Waals surface area (Å²) >= 11 is 0. The van der Waals surface area contributed by atoms with Crippen molar-refractivity contribution in [3.63, 3.8) is 0 Å². The number of piperidine rings is 1. The van der Waals surface area contributed by atoms with E-state index in [2.05, 4.69) is 24.8 Å². The van der Waals surface area contributed by atoms with Crippen LogP contribution in [0.4, 0.5) is 5.82 Å². The van der Waals surface area contributed by atoms with Gasteiger partial charge in [0.2, 0.25) is 5.91 Å². The highest BCUT2D eigenvalue weighted by Crippen LogP contribution is 2.25. The maximum atomic E-state index is 12.4. The summed E-state index contributed by atoms with van der Waals surface area (Å²) in [7, 11) is 1.70. The third-order valence-electron chi connectivity index (χ3n) is 4.55. The van der Waals surface area contributed by atoms with Crippen LogP contribution < -0.4 is 4.90 Å². The average Bonchev–Trinajstić information content (AvgIpc) is 3.00. The standard InChI is InChI=1S/C17H23N5O3/c1-13-14(20-25-19-13)10-16(23)21(2)11-17(24)7-5-9-22(12-17)15-6-3-4-8-18-15/h3-4,6,8,24H,5,7,9-12H2,1-2H3. The number of aromatic nitrogens is 3. The molecule has 3 rings (SSSR count). The summed E-state index contributed by atoms with van der Waals surface area (Å²) in [4.78, 5) is 20.4. The molecule has 1 unspecified atom stereocenters. The summed E-state index contributed by atoms with van der Waals surface area (Å²) in [6.07, 6.45) is 3.36. The van der Waals surface area contributed by atoms with E-state index in [1.54, 1.807) is 25.1 Å². The van der Waals surface area contributed by atoms with Crippen molar-refractivity contribution in [2.24, 2.45) is 0 Å². The summed E-state index contributed by atoms with van der Waals surface area (Å²) in [6.45, 7) is 3.31. The second-order valence-electron chi connectivity index (χ2n) is 6.66. The minimum atomic E-state index is -0.961. The number of nitrogens with zero attached hydrogens (tertiary/aromatic N) is 5. The van der Waals surface area contributed by atoms with Crippen LogP contribution in [-0.2, 0) is 11.2 Å². The number of hydrogen-bond acceptors (Lipinski definition) is 7. The molecule has 8 heteroatoms. The Morgan fingerprint density at radius 1 is 1.44 bits per heavy atom. The highest BCUT2D eigenvalue weighted by atomic mass is 16.6. The first-order valence-corrected chi connectivity index (χ1v) is 8.37. The fraction of sp³-hybridized carbons (Fsp3) is 0.529. The molecule has 1 aliphatic heterocycles. The molecule has 3 heterocycles. The van der Waals surface area contributed by atoms with Gasteiger partial charge in [-0.3, -0.25) is 4.79 Å². The van der Waals surface area contributed by atoms with E-state index in [9.17, 15) is 9.90 Å². The molecule has 1 aliphatic rings. The normalized spacial score (nSPS) is 20.5. The third-order valence-corrected chi connectivity index (χ3v) is 4.55. The number of likely N-dealkylation sites (N-methyl/N-ethyl adjacent to an activating group) is 1. The average molecular weight is 345 g/mol. The molecule has 134 valence electrons. The molecule has 0 saturated carbocycles. The number of amides is 1. The molecule has 25 heavy (non-hydrogen) atoms. The number of aryl methyl sites for hydroxylation is 1. The van der Waals surface area contributed by atoms with Gasteiger partial charge in [0.1, 0.15) is 17.2 Å². The predicted octanol–water partition coefficient (Wildman–Crippen LogP) is 0.805. The Labute approximate surface area is 146 Å². The highest BCUT2D eigenvalue weighted by molar-refractivity contribution is 5.78. The van der Waals surface area contributed by atoms with Crippen LogP contribution in [-0.4, -0.2) is 63.5 Å². The molecule has 0 aliphatic carbocycles. The molecule has 1 saturated heterocycles. The van der Waals surface area contributed by atoms with Crippen LogP contribution in [0.25, 0.3) is 0 Å². The van der Waals surface area contributed by atoms with Crippen LogP contribution in [0.2, 0.25) is 0 Å². The first kappa shape index (κ1) is 17.3. The molecule has 8 nitrogen and oxygen atoms in total. The minimum absolute atomic E-state index is 0.117. The topological polar surface area (TPSA) is 95.6 Å². The zero-order valence-corrected chi connectivity index (χ0v) is 14.6.